The number of rotatable bonds is 35. The monoisotopic (exact) mass is 1920 g/mol. The fourth-order valence-corrected chi connectivity index (χ4v) is 14.9. The Labute approximate surface area is 843 Å². The number of benzene rings is 12. The van der Waals surface area contributed by atoms with E-state index >= 15 is 0 Å². The SMILES string of the molecule is CC.CC.CC.CC(C)(c1ccc(OCC2CO2)cc1)c1ccc(C(C)(c2ccc(OCC3CO3)cc2)c2ccc(OCC3CO3)cc2)cc1.CC(C)C.CCc1cc(OC)c(CC)c2ccccc12.CCc1ccc(-c2ccc(CC)cc2)cc1.Cc1ccc(C(C)(C)C)c(OCC2CO2)c1.Cc1ccccc1OCC1CO1.c1cc(OCC2CO2)cc(OCC2CO2)c1.c1ccc(OCC2CO2)cc1. The second-order valence-corrected chi connectivity index (χ2v) is 37.6. The molecule has 8 heterocycles. The number of fused-ring (bicyclic) bond motifs is 1. The Balaban J connectivity index is 0.000000178. The van der Waals surface area contributed by atoms with Gasteiger partial charge in [0, 0.05) is 22.5 Å². The van der Waals surface area contributed by atoms with Crippen molar-refractivity contribution in [3.8, 4) is 62.9 Å². The number of para-hydroxylation sites is 2. The fraction of sp³-hybridized carbons (Fsp3) is 0.435. The average molecular weight is 1920 g/mol. The molecule has 0 saturated carbocycles. The van der Waals surface area contributed by atoms with Gasteiger partial charge >= 0.3 is 0 Å². The van der Waals surface area contributed by atoms with Crippen molar-refractivity contribution in [2.24, 2.45) is 5.92 Å². The standard InChI is InChI=1S/C38H40O6.C16H18.C15H18O.C14H20O2.C12H14O4.C10H12O2.C9H10O2.C4H10.3C2H6/c1-37(2,27-8-14-31(15-9-27)39-20-34-23-42-34)26-4-6-28(7-5-26)38(3,29-10-16-32(17-11-29)40-21-35-24-43-35)30-12-18-33(19-13-30)41-22-36-25-44-36;1-3-13-5-9-15(10-6-13)16-11-7-14(4-2)8-12-16;1-4-11-10-15(16-3)12(5-2)14-9-7-6-8-13(11)14;1-10-5-6-12(14(2,3)4)13(7-10)16-9-11-8-15-11;1-2-9(13-5-11-7-15-11)4-10(3-1)14-6-12-8-16-12;1-8-4-2-3-5-10(8)12-7-9-6-11-9;1-2-4-8(5-3-1)10-6-9-7-11-9;1-4(2)3;3*1-2/h4-19,34-36H,20-25H2,1-3H3;5-12H,3-4H2,1-2H3;6-10H,4-5H2,1-3H3;5-7,11H,8-9H2,1-4H3;1-4,11-12H,5-8H2;2-5,9H,6-7H2,1H3;1-5,9H,6-7H2;4H,1-3H3;3*1-2H3. The van der Waals surface area contributed by atoms with E-state index in [0.717, 1.165) is 136 Å². The van der Waals surface area contributed by atoms with Crippen molar-refractivity contribution < 1.29 is 80.5 Å². The van der Waals surface area contributed by atoms with Gasteiger partial charge in [0.25, 0.3) is 0 Å². The molecule has 0 radical (unpaired) electrons. The van der Waals surface area contributed by atoms with Crippen LogP contribution in [0.4, 0.5) is 0 Å². The highest BCUT2D eigenvalue weighted by atomic mass is 16.6. The zero-order valence-corrected chi connectivity index (χ0v) is 88.3. The highest BCUT2D eigenvalue weighted by Crippen LogP contribution is 2.43. The van der Waals surface area contributed by atoms with Crippen LogP contribution in [-0.2, 0) is 79.8 Å². The first kappa shape index (κ1) is 112. The zero-order valence-electron chi connectivity index (χ0n) is 88.3. The Hall–Kier alpha value is -11.2. The molecule has 0 bridgehead atoms. The van der Waals surface area contributed by atoms with Gasteiger partial charge in [-0.15, -0.1) is 0 Å². The van der Waals surface area contributed by atoms with E-state index in [1.165, 1.54) is 88.7 Å². The molecule has 8 saturated heterocycles. The minimum atomic E-state index is -0.400. The van der Waals surface area contributed by atoms with Crippen molar-refractivity contribution in [3.05, 3.63) is 340 Å². The fourth-order valence-electron chi connectivity index (χ4n) is 14.9. The summed E-state index contributed by atoms with van der Waals surface area (Å²) in [5.41, 5.74) is 17.4. The van der Waals surface area contributed by atoms with Crippen LogP contribution in [0.2, 0.25) is 0 Å². The van der Waals surface area contributed by atoms with E-state index in [1.54, 1.807) is 7.11 Å². The molecule has 8 unspecified atom stereocenters. The molecule has 0 aromatic heterocycles. The number of methoxy groups -OCH3 is 1. The number of hydrogen-bond donors (Lipinski definition) is 0. The third-order valence-electron chi connectivity index (χ3n) is 24.1. The summed E-state index contributed by atoms with van der Waals surface area (Å²) >= 11 is 0. The number of hydrogen-bond acceptors (Lipinski definition) is 17. The predicted molar refractivity (Wildman–Crippen MR) is 574 cm³/mol. The van der Waals surface area contributed by atoms with Gasteiger partial charge in [0.05, 0.1) is 60.0 Å². The van der Waals surface area contributed by atoms with Gasteiger partial charge in [-0.1, -0.05) is 313 Å². The predicted octanol–water partition coefficient (Wildman–Crippen LogP) is 27.4. The van der Waals surface area contributed by atoms with E-state index in [9.17, 15) is 0 Å². The van der Waals surface area contributed by atoms with Crippen LogP contribution in [0.1, 0.15) is 198 Å². The first-order chi connectivity index (χ1) is 68.4. The van der Waals surface area contributed by atoms with Crippen LogP contribution >= 0.6 is 0 Å². The Morgan fingerprint density at radius 2 is 0.603 bits per heavy atom. The number of aryl methyl sites for hydroxylation is 6. The van der Waals surface area contributed by atoms with E-state index in [1.807, 2.05) is 127 Å². The summed E-state index contributed by atoms with van der Waals surface area (Å²) in [4.78, 5) is 0. The van der Waals surface area contributed by atoms with E-state index in [-0.39, 0.29) is 41.3 Å². The molecule has 8 atom stereocenters. The van der Waals surface area contributed by atoms with Crippen LogP contribution in [-0.4, -0.2) is 162 Å². The summed E-state index contributed by atoms with van der Waals surface area (Å²) in [5.74, 6) is 8.98. The summed E-state index contributed by atoms with van der Waals surface area (Å²) in [7, 11) is 1.75. The van der Waals surface area contributed by atoms with Gasteiger partial charge < -0.3 is 80.5 Å². The highest BCUT2D eigenvalue weighted by molar-refractivity contribution is 5.91. The number of epoxide rings is 8. The van der Waals surface area contributed by atoms with Crippen molar-refractivity contribution in [2.45, 2.75) is 236 Å². The maximum atomic E-state index is 5.94. The first-order valence-electron chi connectivity index (χ1n) is 51.4. The van der Waals surface area contributed by atoms with E-state index in [0.29, 0.717) is 71.2 Å². The lowest BCUT2D eigenvalue weighted by atomic mass is 9.70. The van der Waals surface area contributed by atoms with Crippen LogP contribution in [0, 0.1) is 19.8 Å². The normalized spacial score (nSPS) is 18.1. The largest absolute Gasteiger partial charge is 0.496 e. The highest BCUT2D eigenvalue weighted by Gasteiger charge is 2.35. The molecule has 20 rings (SSSR count). The summed E-state index contributed by atoms with van der Waals surface area (Å²) in [6.45, 7) is 56.4. The molecule has 12 aromatic rings. The average Bonchev–Trinajstić information content (AvgIpc) is 1.72. The van der Waals surface area contributed by atoms with Gasteiger partial charge in [0.15, 0.2) is 0 Å². The van der Waals surface area contributed by atoms with Crippen molar-refractivity contribution in [1.82, 2.24) is 0 Å². The third kappa shape index (κ3) is 38.5. The quantitative estimate of drug-likeness (QED) is 0.0270. The molecule has 8 fully saturated rings. The van der Waals surface area contributed by atoms with Crippen molar-refractivity contribution in [1.29, 1.82) is 0 Å². The molecule has 17 heteroatoms. The summed E-state index contributed by atoms with van der Waals surface area (Å²) in [6, 6.07) is 94.8. The minimum absolute atomic E-state index is 0.118. The second kappa shape index (κ2) is 57.8. The van der Waals surface area contributed by atoms with Crippen LogP contribution in [0.5, 0.6) is 51.7 Å². The Bertz CT molecular complexity index is 5370. The van der Waals surface area contributed by atoms with Gasteiger partial charge in [0.1, 0.15) is 153 Å². The van der Waals surface area contributed by atoms with E-state index in [2.05, 4.69) is 291 Å². The zero-order chi connectivity index (χ0) is 101. The van der Waals surface area contributed by atoms with E-state index in [4.69, 9.17) is 80.5 Å². The molecular formula is C124H160O17. The Morgan fingerprint density at radius 1 is 0.291 bits per heavy atom. The summed E-state index contributed by atoms with van der Waals surface area (Å²) in [5, 5.41) is 2.70. The molecule has 758 valence electrons. The Kier molecular flexibility index (Phi) is 45.8. The summed E-state index contributed by atoms with van der Waals surface area (Å²) in [6.07, 6.45) is 6.52. The lowest BCUT2D eigenvalue weighted by Gasteiger charge is -2.33. The van der Waals surface area contributed by atoms with Crippen LogP contribution in [0.25, 0.3) is 21.9 Å². The van der Waals surface area contributed by atoms with Crippen molar-refractivity contribution in [2.75, 3.05) is 113 Å². The maximum Gasteiger partial charge on any atom is 0.123 e. The van der Waals surface area contributed by atoms with Crippen LogP contribution < -0.4 is 42.6 Å². The molecule has 12 aromatic carbocycles. The molecule has 0 N–H and O–H groups in total. The lowest BCUT2D eigenvalue weighted by Crippen LogP contribution is -2.26. The van der Waals surface area contributed by atoms with Crippen LogP contribution in [0.3, 0.4) is 0 Å². The maximum absolute atomic E-state index is 5.94. The minimum Gasteiger partial charge on any atom is -0.496 e. The number of ether oxygens (including phenoxy) is 17. The summed E-state index contributed by atoms with van der Waals surface area (Å²) < 4.78 is 92.3. The molecule has 8 aliphatic heterocycles. The molecule has 0 amide bonds. The smallest absolute Gasteiger partial charge is 0.123 e. The molecule has 0 spiro atoms. The Morgan fingerprint density at radius 3 is 0.950 bits per heavy atom. The molecule has 0 aliphatic carbocycles. The molecule has 8 aliphatic rings. The van der Waals surface area contributed by atoms with E-state index < -0.39 is 5.41 Å². The topological polar surface area (TPSA) is 183 Å². The van der Waals surface area contributed by atoms with Crippen molar-refractivity contribution >= 4 is 10.8 Å². The second-order valence-electron chi connectivity index (χ2n) is 37.6. The van der Waals surface area contributed by atoms with Gasteiger partial charge in [-0.3, -0.25) is 0 Å². The molecular weight excluding hydrogens is 1760 g/mol. The van der Waals surface area contributed by atoms with Gasteiger partial charge in [-0.25, -0.2) is 0 Å². The first-order valence-corrected chi connectivity index (χ1v) is 51.4. The van der Waals surface area contributed by atoms with Gasteiger partial charge in [-0.05, 0) is 220 Å². The molecule has 141 heavy (non-hydrogen) atoms. The van der Waals surface area contributed by atoms with Gasteiger partial charge in [-0.2, -0.15) is 0 Å². The van der Waals surface area contributed by atoms with Crippen molar-refractivity contribution in [3.63, 3.8) is 0 Å². The lowest BCUT2D eigenvalue weighted by molar-refractivity contribution is 0.252. The molecule has 17 nitrogen and oxygen atoms in total. The van der Waals surface area contributed by atoms with Crippen LogP contribution in [0.15, 0.2) is 273 Å². The van der Waals surface area contributed by atoms with Gasteiger partial charge in [0.2, 0.25) is 0 Å². The third-order valence-corrected chi connectivity index (χ3v) is 24.1.